The fourth-order valence-electron chi connectivity index (χ4n) is 2.29. The van der Waals surface area contributed by atoms with Gasteiger partial charge in [-0.25, -0.2) is 18.2 Å². The number of amides is 1. The Morgan fingerprint density at radius 2 is 1.94 bits per heavy atom. The van der Waals surface area contributed by atoms with Crippen LogP contribution >= 0.6 is 23.1 Å². The van der Waals surface area contributed by atoms with Crippen molar-refractivity contribution in [2.75, 3.05) is 29.2 Å². The Labute approximate surface area is 185 Å². The van der Waals surface area contributed by atoms with Crippen molar-refractivity contribution in [1.29, 1.82) is 0 Å². The van der Waals surface area contributed by atoms with Crippen LogP contribution in [0, 0.1) is 6.92 Å². The van der Waals surface area contributed by atoms with Gasteiger partial charge in [0, 0.05) is 11.3 Å². The second kappa shape index (κ2) is 9.45. The fourth-order valence-corrected chi connectivity index (χ4v) is 4.32. The average Bonchev–Trinajstić information content (AvgIpc) is 3.32. The SMILES string of the molecule is COC(=O)c1sc(NC(=O)CSc2nnc(-c3ccc(NS(C)(=O)=O)cc3)o2)nc1C. The molecule has 0 fully saturated rings. The van der Waals surface area contributed by atoms with E-state index in [1.165, 1.54) is 7.11 Å². The second-order valence-corrected chi connectivity index (χ2v) is 9.76. The van der Waals surface area contributed by atoms with E-state index in [1.807, 2.05) is 0 Å². The summed E-state index contributed by atoms with van der Waals surface area (Å²) in [4.78, 5) is 28.2. The van der Waals surface area contributed by atoms with E-state index < -0.39 is 16.0 Å². The number of aryl methyl sites for hydroxylation is 1. The van der Waals surface area contributed by atoms with Crippen LogP contribution in [-0.2, 0) is 19.6 Å². The number of nitrogens with one attached hydrogen (secondary N) is 2. The molecule has 3 rings (SSSR count). The lowest BCUT2D eigenvalue weighted by atomic mass is 10.2. The molecule has 14 heteroatoms. The largest absolute Gasteiger partial charge is 0.465 e. The van der Waals surface area contributed by atoms with Crippen molar-refractivity contribution in [2.24, 2.45) is 0 Å². The van der Waals surface area contributed by atoms with Gasteiger partial charge < -0.3 is 14.5 Å². The molecule has 0 aliphatic carbocycles. The maximum Gasteiger partial charge on any atom is 0.350 e. The number of rotatable bonds is 8. The van der Waals surface area contributed by atoms with E-state index in [0.717, 1.165) is 29.4 Å². The minimum absolute atomic E-state index is 0.00889. The van der Waals surface area contributed by atoms with Crippen molar-refractivity contribution in [1.82, 2.24) is 15.2 Å². The third-order valence-electron chi connectivity index (χ3n) is 3.58. The Balaban J connectivity index is 1.56. The highest BCUT2D eigenvalue weighted by Crippen LogP contribution is 2.26. The lowest BCUT2D eigenvalue weighted by Gasteiger charge is -2.03. The van der Waals surface area contributed by atoms with Crippen LogP contribution in [-0.4, -0.2) is 54.6 Å². The van der Waals surface area contributed by atoms with E-state index in [2.05, 4.69) is 30.0 Å². The first kappa shape index (κ1) is 22.7. The number of hydrogen-bond donors (Lipinski definition) is 2. The predicted molar refractivity (Wildman–Crippen MR) is 116 cm³/mol. The second-order valence-electron chi connectivity index (χ2n) is 6.09. The molecule has 2 aromatic heterocycles. The van der Waals surface area contributed by atoms with Gasteiger partial charge in [0.25, 0.3) is 5.22 Å². The molecule has 0 saturated heterocycles. The summed E-state index contributed by atoms with van der Waals surface area (Å²) in [5.41, 5.74) is 1.47. The number of anilines is 2. The van der Waals surface area contributed by atoms with Crippen LogP contribution in [0.4, 0.5) is 10.8 Å². The Morgan fingerprint density at radius 1 is 1.23 bits per heavy atom. The van der Waals surface area contributed by atoms with Gasteiger partial charge in [0.1, 0.15) is 4.88 Å². The summed E-state index contributed by atoms with van der Waals surface area (Å²) in [6.07, 6.45) is 1.06. The third kappa shape index (κ3) is 6.26. The van der Waals surface area contributed by atoms with Crippen LogP contribution in [0.25, 0.3) is 11.5 Å². The molecule has 0 aliphatic heterocycles. The van der Waals surface area contributed by atoms with Crippen LogP contribution in [0.3, 0.4) is 0 Å². The number of hydrogen-bond acceptors (Lipinski definition) is 11. The fraction of sp³-hybridized carbons (Fsp3) is 0.235. The van der Waals surface area contributed by atoms with E-state index in [1.54, 1.807) is 31.2 Å². The zero-order valence-corrected chi connectivity index (χ0v) is 19.0. The van der Waals surface area contributed by atoms with Crippen LogP contribution in [0.15, 0.2) is 33.9 Å². The summed E-state index contributed by atoms with van der Waals surface area (Å²) in [6.45, 7) is 1.65. The molecular formula is C17H17N5O6S3. The molecule has 3 aromatic rings. The van der Waals surface area contributed by atoms with Crippen LogP contribution in [0.2, 0.25) is 0 Å². The molecule has 1 aromatic carbocycles. The van der Waals surface area contributed by atoms with Crippen LogP contribution < -0.4 is 10.0 Å². The highest BCUT2D eigenvalue weighted by Gasteiger charge is 2.18. The monoisotopic (exact) mass is 483 g/mol. The van der Waals surface area contributed by atoms with Gasteiger partial charge in [-0.1, -0.05) is 23.1 Å². The zero-order chi connectivity index (χ0) is 22.6. The molecule has 1 amide bonds. The number of thiazole rings is 1. The molecule has 0 unspecified atom stereocenters. The summed E-state index contributed by atoms with van der Waals surface area (Å²) < 4.78 is 35.1. The standard InChI is InChI=1S/C17H17N5O6S3/c1-9-13(15(24)27-2)30-16(18-9)19-12(23)8-29-17-21-20-14(28-17)10-4-6-11(7-5-10)22-31(3,25)26/h4-7,22H,8H2,1-3H3,(H,18,19,23). The number of thioether (sulfide) groups is 1. The first-order chi connectivity index (χ1) is 14.6. The molecule has 0 aliphatic rings. The van der Waals surface area contributed by atoms with E-state index in [0.29, 0.717) is 21.8 Å². The van der Waals surface area contributed by atoms with E-state index >= 15 is 0 Å². The van der Waals surface area contributed by atoms with Crippen molar-refractivity contribution >= 4 is 55.8 Å². The van der Waals surface area contributed by atoms with E-state index in [9.17, 15) is 18.0 Å². The first-order valence-electron chi connectivity index (χ1n) is 8.54. The van der Waals surface area contributed by atoms with Crippen molar-refractivity contribution < 1.29 is 27.2 Å². The molecule has 0 saturated carbocycles. The summed E-state index contributed by atoms with van der Waals surface area (Å²) in [5, 5.41) is 10.9. The molecule has 0 atom stereocenters. The Hall–Kier alpha value is -2.97. The zero-order valence-electron chi connectivity index (χ0n) is 16.5. The van der Waals surface area contributed by atoms with Crippen molar-refractivity contribution in [3.8, 4) is 11.5 Å². The van der Waals surface area contributed by atoms with E-state index in [-0.39, 0.29) is 27.9 Å². The molecule has 164 valence electrons. The maximum absolute atomic E-state index is 12.1. The van der Waals surface area contributed by atoms with Crippen molar-refractivity contribution in [3.63, 3.8) is 0 Å². The van der Waals surface area contributed by atoms with Crippen molar-refractivity contribution in [3.05, 3.63) is 34.8 Å². The number of sulfonamides is 1. The minimum Gasteiger partial charge on any atom is -0.465 e. The lowest BCUT2D eigenvalue weighted by molar-refractivity contribution is -0.113. The van der Waals surface area contributed by atoms with Crippen LogP contribution in [0.5, 0.6) is 0 Å². The van der Waals surface area contributed by atoms with Gasteiger partial charge in [0.15, 0.2) is 5.13 Å². The lowest BCUT2D eigenvalue weighted by Crippen LogP contribution is -2.13. The molecule has 0 bridgehead atoms. The number of esters is 1. The Morgan fingerprint density at radius 3 is 2.58 bits per heavy atom. The number of carbonyl (C=O) groups is 2. The van der Waals surface area contributed by atoms with Gasteiger partial charge in [-0.05, 0) is 31.2 Å². The molecule has 0 spiro atoms. The molecule has 31 heavy (non-hydrogen) atoms. The van der Waals surface area contributed by atoms with Crippen LogP contribution in [0.1, 0.15) is 15.4 Å². The highest BCUT2D eigenvalue weighted by molar-refractivity contribution is 7.99. The highest BCUT2D eigenvalue weighted by atomic mass is 32.2. The number of aromatic nitrogens is 3. The summed E-state index contributed by atoms with van der Waals surface area (Å²) in [6, 6.07) is 6.40. The van der Waals surface area contributed by atoms with Gasteiger partial charge in [0.2, 0.25) is 21.8 Å². The summed E-state index contributed by atoms with van der Waals surface area (Å²) in [7, 11) is -2.09. The summed E-state index contributed by atoms with van der Waals surface area (Å²) in [5.74, 6) is -0.646. The third-order valence-corrected chi connectivity index (χ3v) is 6.06. The van der Waals surface area contributed by atoms with Gasteiger partial charge >= 0.3 is 5.97 Å². The molecule has 2 N–H and O–H groups in total. The summed E-state index contributed by atoms with van der Waals surface area (Å²) >= 11 is 2.06. The van der Waals surface area contributed by atoms with Gasteiger partial charge in [0.05, 0.1) is 24.8 Å². The number of methoxy groups -OCH3 is 1. The maximum atomic E-state index is 12.1. The molecular weight excluding hydrogens is 466 g/mol. The normalized spacial score (nSPS) is 11.2. The van der Waals surface area contributed by atoms with E-state index in [4.69, 9.17) is 4.42 Å². The van der Waals surface area contributed by atoms with Gasteiger partial charge in [-0.3, -0.25) is 9.52 Å². The number of benzene rings is 1. The first-order valence-corrected chi connectivity index (χ1v) is 12.2. The minimum atomic E-state index is -3.36. The van der Waals surface area contributed by atoms with Crippen molar-refractivity contribution in [2.45, 2.75) is 12.1 Å². The molecule has 11 nitrogen and oxygen atoms in total. The quantitative estimate of drug-likeness (QED) is 0.360. The number of ether oxygens (including phenoxy) is 1. The number of nitrogens with zero attached hydrogens (tertiary/aromatic N) is 3. The number of carbonyl (C=O) groups excluding carboxylic acids is 2. The average molecular weight is 484 g/mol. The van der Waals surface area contributed by atoms with Gasteiger partial charge in [-0.2, -0.15) is 0 Å². The topological polar surface area (TPSA) is 153 Å². The molecule has 0 radical (unpaired) electrons. The smallest absolute Gasteiger partial charge is 0.350 e. The predicted octanol–water partition coefficient (Wildman–Crippen LogP) is 2.39. The van der Waals surface area contributed by atoms with Gasteiger partial charge in [-0.15, -0.1) is 10.2 Å². The Bertz CT molecular complexity index is 1200. The molecule has 2 heterocycles. The Kier molecular flexibility index (Phi) is 6.92.